The van der Waals surface area contributed by atoms with Gasteiger partial charge in [0.15, 0.2) is 0 Å². The molecule has 1 aromatic carbocycles. The molecule has 0 radical (unpaired) electrons. The Morgan fingerprint density at radius 1 is 1.38 bits per heavy atom. The van der Waals surface area contributed by atoms with E-state index in [9.17, 15) is 14.7 Å². The van der Waals surface area contributed by atoms with Gasteiger partial charge in [0.1, 0.15) is 17.6 Å². The first kappa shape index (κ1) is 14.4. The number of aliphatic hydroxyl groups excluding tert-OH is 1. The van der Waals surface area contributed by atoms with Crippen LogP contribution in [0.15, 0.2) is 30.3 Å². The molecule has 21 heavy (non-hydrogen) atoms. The Labute approximate surface area is 127 Å². The minimum absolute atomic E-state index is 0.129. The van der Waals surface area contributed by atoms with Crippen LogP contribution in [-0.4, -0.2) is 44.2 Å². The van der Waals surface area contributed by atoms with Gasteiger partial charge in [-0.25, -0.2) is 0 Å². The molecule has 3 atom stereocenters. The number of thioether (sulfide) groups is 1. The van der Waals surface area contributed by atoms with Gasteiger partial charge in [0.25, 0.3) is 0 Å². The monoisotopic (exact) mass is 306 g/mol. The topological polar surface area (TPSA) is 69.6 Å². The van der Waals surface area contributed by atoms with Gasteiger partial charge < -0.3 is 15.3 Å². The van der Waals surface area contributed by atoms with Crippen LogP contribution >= 0.6 is 11.8 Å². The summed E-state index contributed by atoms with van der Waals surface area (Å²) in [5, 5.41) is 13.1. The third-order valence-electron chi connectivity index (χ3n) is 3.94. The minimum atomic E-state index is -0.967. The second kappa shape index (κ2) is 5.03. The molecule has 0 spiro atoms. The molecule has 0 bridgehead atoms. The lowest BCUT2D eigenvalue weighted by Crippen LogP contribution is -2.76. The van der Waals surface area contributed by atoms with E-state index in [1.807, 2.05) is 44.2 Å². The number of hydrogen-bond acceptors (Lipinski definition) is 4. The molecule has 112 valence electrons. The van der Waals surface area contributed by atoms with Crippen molar-refractivity contribution < 1.29 is 14.7 Å². The SMILES string of the molecule is CC1(C)S[C@@H]2NC(=O)[C@@H]2N(C(=O)Cc2ccccc2)C1O. The molecular weight excluding hydrogens is 288 g/mol. The number of aliphatic hydroxyl groups is 1. The number of hydrogen-bond donors (Lipinski definition) is 2. The van der Waals surface area contributed by atoms with Crippen LogP contribution in [0.1, 0.15) is 19.4 Å². The summed E-state index contributed by atoms with van der Waals surface area (Å²) in [6, 6.07) is 8.80. The van der Waals surface area contributed by atoms with E-state index < -0.39 is 17.0 Å². The van der Waals surface area contributed by atoms with Crippen LogP contribution in [0.5, 0.6) is 0 Å². The molecule has 1 unspecified atom stereocenters. The molecular formula is C15H18N2O3S. The predicted molar refractivity (Wildman–Crippen MR) is 80.4 cm³/mol. The maximum absolute atomic E-state index is 12.6. The summed E-state index contributed by atoms with van der Waals surface area (Å²) in [6.45, 7) is 3.76. The molecule has 3 rings (SSSR count). The third kappa shape index (κ3) is 2.42. The first-order valence-electron chi connectivity index (χ1n) is 6.91. The van der Waals surface area contributed by atoms with Gasteiger partial charge in [-0.1, -0.05) is 30.3 Å². The van der Waals surface area contributed by atoms with E-state index in [0.717, 1.165) is 5.56 Å². The lowest BCUT2D eigenvalue weighted by atomic mass is 10.0. The highest BCUT2D eigenvalue weighted by Gasteiger charge is 2.57. The summed E-state index contributed by atoms with van der Waals surface area (Å²) < 4.78 is -0.513. The summed E-state index contributed by atoms with van der Waals surface area (Å²) >= 11 is 1.50. The zero-order valence-corrected chi connectivity index (χ0v) is 12.8. The molecule has 0 saturated carbocycles. The van der Waals surface area contributed by atoms with Crippen molar-refractivity contribution in [3.05, 3.63) is 35.9 Å². The molecule has 6 heteroatoms. The Morgan fingerprint density at radius 2 is 2.05 bits per heavy atom. The molecule has 1 aromatic rings. The zero-order valence-electron chi connectivity index (χ0n) is 11.9. The van der Waals surface area contributed by atoms with Gasteiger partial charge >= 0.3 is 0 Å². The summed E-state index contributed by atoms with van der Waals surface area (Å²) in [5.41, 5.74) is 0.877. The van der Waals surface area contributed by atoms with Crippen molar-refractivity contribution in [1.29, 1.82) is 0 Å². The quantitative estimate of drug-likeness (QED) is 0.790. The lowest BCUT2D eigenvalue weighted by Gasteiger charge is -2.55. The van der Waals surface area contributed by atoms with E-state index in [2.05, 4.69) is 5.32 Å². The van der Waals surface area contributed by atoms with E-state index in [4.69, 9.17) is 0 Å². The third-order valence-corrected chi connectivity index (χ3v) is 5.39. The highest BCUT2D eigenvalue weighted by Crippen LogP contribution is 2.44. The van der Waals surface area contributed by atoms with E-state index in [-0.39, 0.29) is 23.6 Å². The van der Waals surface area contributed by atoms with Crippen LogP contribution in [0, 0.1) is 0 Å². The van der Waals surface area contributed by atoms with Crippen LogP contribution in [0.3, 0.4) is 0 Å². The van der Waals surface area contributed by atoms with E-state index >= 15 is 0 Å². The highest BCUT2D eigenvalue weighted by atomic mass is 32.2. The average molecular weight is 306 g/mol. The summed E-state index contributed by atoms with van der Waals surface area (Å²) in [6.07, 6.45) is -0.777. The summed E-state index contributed by atoms with van der Waals surface area (Å²) in [7, 11) is 0. The number of amides is 2. The number of benzene rings is 1. The molecule has 2 aliphatic rings. The van der Waals surface area contributed by atoms with Crippen molar-refractivity contribution in [2.24, 2.45) is 0 Å². The van der Waals surface area contributed by atoms with Crippen molar-refractivity contribution in [3.8, 4) is 0 Å². The van der Waals surface area contributed by atoms with Crippen molar-refractivity contribution in [1.82, 2.24) is 10.2 Å². The smallest absolute Gasteiger partial charge is 0.246 e. The van der Waals surface area contributed by atoms with Gasteiger partial charge in [-0.2, -0.15) is 0 Å². The number of carbonyl (C=O) groups is 2. The van der Waals surface area contributed by atoms with Crippen LogP contribution < -0.4 is 5.32 Å². The maximum Gasteiger partial charge on any atom is 0.246 e. The molecule has 5 nitrogen and oxygen atoms in total. The lowest BCUT2D eigenvalue weighted by molar-refractivity contribution is -0.162. The van der Waals surface area contributed by atoms with E-state index in [0.29, 0.717) is 0 Å². The van der Waals surface area contributed by atoms with Crippen LogP contribution in [-0.2, 0) is 16.0 Å². The first-order valence-corrected chi connectivity index (χ1v) is 7.79. The second-order valence-corrected chi connectivity index (χ2v) is 7.73. The Bertz CT molecular complexity index is 576. The number of carbonyl (C=O) groups excluding carboxylic acids is 2. The Hall–Kier alpha value is -1.53. The van der Waals surface area contributed by atoms with Crippen molar-refractivity contribution in [2.75, 3.05) is 0 Å². The average Bonchev–Trinajstić information content (AvgIpc) is 2.43. The molecule has 2 aliphatic heterocycles. The molecule has 2 fully saturated rings. The van der Waals surface area contributed by atoms with Crippen LogP contribution in [0.4, 0.5) is 0 Å². The normalized spacial score (nSPS) is 30.1. The fraction of sp³-hybridized carbons (Fsp3) is 0.467. The number of fused-ring (bicyclic) bond motifs is 1. The standard InChI is InChI=1S/C15H18N2O3S/c1-15(2)14(20)17(11-12(19)16-13(11)21-15)10(18)8-9-6-4-3-5-7-9/h3-7,11,13-14,20H,8H2,1-2H3,(H,16,19)/t11-,13-,14?/m0/s1. The molecule has 2 saturated heterocycles. The van der Waals surface area contributed by atoms with E-state index in [1.54, 1.807) is 0 Å². The second-order valence-electron chi connectivity index (χ2n) is 5.93. The number of nitrogens with zero attached hydrogens (tertiary/aromatic N) is 1. The van der Waals surface area contributed by atoms with Crippen LogP contribution in [0.2, 0.25) is 0 Å². The highest BCUT2D eigenvalue weighted by molar-refractivity contribution is 8.01. The summed E-state index contributed by atoms with van der Waals surface area (Å²) in [4.78, 5) is 25.7. The Balaban J connectivity index is 1.83. The maximum atomic E-state index is 12.6. The largest absolute Gasteiger partial charge is 0.372 e. The number of nitrogens with one attached hydrogen (secondary N) is 1. The van der Waals surface area contributed by atoms with Gasteiger partial charge in [-0.05, 0) is 19.4 Å². The molecule has 2 amide bonds. The number of β-lactam (4-membered cyclic amide) rings is 1. The van der Waals surface area contributed by atoms with Crippen LogP contribution in [0.25, 0.3) is 0 Å². The molecule has 2 heterocycles. The number of rotatable bonds is 2. The minimum Gasteiger partial charge on any atom is -0.372 e. The zero-order chi connectivity index (χ0) is 15.2. The van der Waals surface area contributed by atoms with Crippen molar-refractivity contribution >= 4 is 23.6 Å². The van der Waals surface area contributed by atoms with Gasteiger partial charge in [-0.3, -0.25) is 9.59 Å². The molecule has 2 N–H and O–H groups in total. The summed E-state index contributed by atoms with van der Waals surface area (Å²) in [5.74, 6) is -0.407. The fourth-order valence-corrected chi connectivity index (χ4v) is 4.19. The van der Waals surface area contributed by atoms with Gasteiger partial charge in [0, 0.05) is 0 Å². The van der Waals surface area contributed by atoms with E-state index in [1.165, 1.54) is 16.7 Å². The first-order chi connectivity index (χ1) is 9.90. The predicted octanol–water partition coefficient (Wildman–Crippen LogP) is 0.726. The molecule has 0 aliphatic carbocycles. The van der Waals surface area contributed by atoms with Gasteiger partial charge in [-0.15, -0.1) is 11.8 Å². The molecule has 0 aromatic heterocycles. The van der Waals surface area contributed by atoms with Gasteiger partial charge in [0.05, 0.1) is 11.2 Å². The fourth-order valence-electron chi connectivity index (χ4n) is 2.74. The van der Waals surface area contributed by atoms with Gasteiger partial charge in [0.2, 0.25) is 11.8 Å². The Morgan fingerprint density at radius 3 is 2.67 bits per heavy atom. The Kier molecular flexibility index (Phi) is 3.45. The van der Waals surface area contributed by atoms with Crippen molar-refractivity contribution in [2.45, 2.75) is 42.7 Å². The van der Waals surface area contributed by atoms with Crippen molar-refractivity contribution in [3.63, 3.8) is 0 Å².